The number of anilines is 1. The molecule has 0 aliphatic carbocycles. The SMILES string of the molecule is Cc1ccc(N(C)CC2CN(C)CCN2)cc1. The molecule has 17 heavy (non-hydrogen) atoms. The fraction of sp³-hybridized carbons (Fsp3) is 0.571. The van der Waals surface area contributed by atoms with Crippen LogP contribution in [0, 0.1) is 6.92 Å². The van der Waals surface area contributed by atoms with E-state index in [4.69, 9.17) is 0 Å². The van der Waals surface area contributed by atoms with Crippen LogP contribution in [0.25, 0.3) is 0 Å². The van der Waals surface area contributed by atoms with E-state index >= 15 is 0 Å². The Morgan fingerprint density at radius 3 is 2.71 bits per heavy atom. The minimum atomic E-state index is 0.569. The van der Waals surface area contributed by atoms with Crippen molar-refractivity contribution in [3.63, 3.8) is 0 Å². The molecule has 1 aromatic rings. The Balaban J connectivity index is 1.91. The van der Waals surface area contributed by atoms with Gasteiger partial charge in [-0.2, -0.15) is 0 Å². The fourth-order valence-electron chi connectivity index (χ4n) is 2.35. The molecule has 0 amide bonds. The number of aryl methyl sites for hydroxylation is 1. The van der Waals surface area contributed by atoms with Gasteiger partial charge >= 0.3 is 0 Å². The number of nitrogens with one attached hydrogen (secondary N) is 1. The summed E-state index contributed by atoms with van der Waals surface area (Å²) in [6.45, 7) is 6.58. The summed E-state index contributed by atoms with van der Waals surface area (Å²) < 4.78 is 0. The van der Waals surface area contributed by atoms with Gasteiger partial charge < -0.3 is 15.1 Å². The van der Waals surface area contributed by atoms with Gasteiger partial charge in [0.2, 0.25) is 0 Å². The highest BCUT2D eigenvalue weighted by Gasteiger charge is 2.17. The minimum absolute atomic E-state index is 0.569. The summed E-state index contributed by atoms with van der Waals surface area (Å²) in [5.74, 6) is 0. The molecule has 0 bridgehead atoms. The lowest BCUT2D eigenvalue weighted by molar-refractivity contribution is 0.241. The Kier molecular flexibility index (Phi) is 4.02. The van der Waals surface area contributed by atoms with Crippen LogP contribution in [0.15, 0.2) is 24.3 Å². The Morgan fingerprint density at radius 2 is 2.06 bits per heavy atom. The van der Waals surface area contributed by atoms with E-state index in [1.165, 1.54) is 11.3 Å². The molecular formula is C14H23N3. The number of benzene rings is 1. The summed E-state index contributed by atoms with van der Waals surface area (Å²) in [6, 6.07) is 9.31. The molecule has 1 N–H and O–H groups in total. The number of hydrogen-bond donors (Lipinski definition) is 1. The number of nitrogens with zero attached hydrogens (tertiary/aromatic N) is 2. The van der Waals surface area contributed by atoms with Crippen molar-refractivity contribution in [2.24, 2.45) is 0 Å². The van der Waals surface area contributed by atoms with Gasteiger partial charge in [-0.3, -0.25) is 0 Å². The summed E-state index contributed by atoms with van der Waals surface area (Å²) in [6.07, 6.45) is 0. The first-order valence-electron chi connectivity index (χ1n) is 6.35. The third-order valence-electron chi connectivity index (χ3n) is 3.43. The number of piperazine rings is 1. The minimum Gasteiger partial charge on any atom is -0.373 e. The van der Waals surface area contributed by atoms with E-state index in [0.717, 1.165) is 26.2 Å². The van der Waals surface area contributed by atoms with Crippen LogP contribution in [-0.2, 0) is 0 Å². The lowest BCUT2D eigenvalue weighted by Crippen LogP contribution is -2.53. The molecule has 2 rings (SSSR count). The van der Waals surface area contributed by atoms with Crippen LogP contribution >= 0.6 is 0 Å². The van der Waals surface area contributed by atoms with E-state index in [1.54, 1.807) is 0 Å². The van der Waals surface area contributed by atoms with Crippen molar-refractivity contribution < 1.29 is 0 Å². The van der Waals surface area contributed by atoms with Gasteiger partial charge in [-0.1, -0.05) is 17.7 Å². The summed E-state index contributed by atoms with van der Waals surface area (Å²) in [5, 5.41) is 3.58. The normalized spacial score (nSPS) is 21.5. The first-order valence-corrected chi connectivity index (χ1v) is 6.35. The largest absolute Gasteiger partial charge is 0.373 e. The molecule has 1 aliphatic heterocycles. The van der Waals surface area contributed by atoms with Gasteiger partial charge in [-0.15, -0.1) is 0 Å². The van der Waals surface area contributed by atoms with Crippen LogP contribution in [0.5, 0.6) is 0 Å². The van der Waals surface area contributed by atoms with Crippen molar-refractivity contribution >= 4 is 5.69 Å². The monoisotopic (exact) mass is 233 g/mol. The molecule has 1 fully saturated rings. The first-order chi connectivity index (χ1) is 8.15. The van der Waals surface area contributed by atoms with Crippen molar-refractivity contribution in [2.45, 2.75) is 13.0 Å². The lowest BCUT2D eigenvalue weighted by atomic mass is 10.2. The van der Waals surface area contributed by atoms with Gasteiger partial charge in [0.25, 0.3) is 0 Å². The van der Waals surface area contributed by atoms with Crippen molar-refractivity contribution in [1.82, 2.24) is 10.2 Å². The third-order valence-corrected chi connectivity index (χ3v) is 3.43. The maximum Gasteiger partial charge on any atom is 0.0371 e. The van der Waals surface area contributed by atoms with Gasteiger partial charge in [-0.05, 0) is 26.1 Å². The van der Waals surface area contributed by atoms with Gasteiger partial charge in [0, 0.05) is 45.0 Å². The zero-order valence-corrected chi connectivity index (χ0v) is 11.1. The quantitative estimate of drug-likeness (QED) is 0.850. The molecule has 1 heterocycles. The van der Waals surface area contributed by atoms with Crippen LogP contribution in [0.3, 0.4) is 0 Å². The lowest BCUT2D eigenvalue weighted by Gasteiger charge is -2.34. The number of hydrogen-bond acceptors (Lipinski definition) is 3. The standard InChI is InChI=1S/C14H23N3/c1-12-4-6-14(7-5-12)17(3)11-13-10-16(2)9-8-15-13/h4-7,13,15H,8-11H2,1-3H3. The smallest absolute Gasteiger partial charge is 0.0371 e. The van der Waals surface area contributed by atoms with E-state index in [2.05, 4.69) is 60.4 Å². The summed E-state index contributed by atoms with van der Waals surface area (Å²) in [4.78, 5) is 4.72. The van der Waals surface area contributed by atoms with Crippen LogP contribution in [-0.4, -0.2) is 51.2 Å². The molecule has 1 aliphatic rings. The Hall–Kier alpha value is -1.06. The van der Waals surface area contributed by atoms with Crippen molar-refractivity contribution in [3.8, 4) is 0 Å². The van der Waals surface area contributed by atoms with Crippen molar-refractivity contribution in [3.05, 3.63) is 29.8 Å². The second-order valence-electron chi connectivity index (χ2n) is 5.13. The fourth-order valence-corrected chi connectivity index (χ4v) is 2.35. The van der Waals surface area contributed by atoms with Crippen LogP contribution in [0.2, 0.25) is 0 Å². The maximum atomic E-state index is 3.58. The topological polar surface area (TPSA) is 18.5 Å². The van der Waals surface area contributed by atoms with Gasteiger partial charge in [0.1, 0.15) is 0 Å². The van der Waals surface area contributed by atoms with Crippen molar-refractivity contribution in [1.29, 1.82) is 0 Å². The van der Waals surface area contributed by atoms with Gasteiger partial charge in [0.05, 0.1) is 0 Å². The maximum absolute atomic E-state index is 3.58. The average molecular weight is 233 g/mol. The molecule has 1 unspecified atom stereocenters. The molecule has 0 aromatic heterocycles. The van der Waals surface area contributed by atoms with Gasteiger partial charge in [0.15, 0.2) is 0 Å². The Morgan fingerprint density at radius 1 is 1.35 bits per heavy atom. The number of rotatable bonds is 3. The highest BCUT2D eigenvalue weighted by Crippen LogP contribution is 2.14. The van der Waals surface area contributed by atoms with E-state index < -0.39 is 0 Å². The molecule has 1 aromatic carbocycles. The summed E-state index contributed by atoms with van der Waals surface area (Å²) in [5.41, 5.74) is 2.61. The first kappa shape index (κ1) is 12.4. The summed E-state index contributed by atoms with van der Waals surface area (Å²) >= 11 is 0. The zero-order chi connectivity index (χ0) is 12.3. The third kappa shape index (κ3) is 3.45. The van der Waals surface area contributed by atoms with E-state index in [1.807, 2.05) is 0 Å². The highest BCUT2D eigenvalue weighted by molar-refractivity contribution is 5.46. The zero-order valence-electron chi connectivity index (χ0n) is 11.1. The van der Waals surface area contributed by atoms with Crippen LogP contribution in [0.1, 0.15) is 5.56 Å². The molecule has 0 radical (unpaired) electrons. The predicted octanol–water partition coefficient (Wildman–Crippen LogP) is 1.33. The van der Waals surface area contributed by atoms with Crippen molar-refractivity contribution in [2.75, 3.05) is 45.2 Å². The van der Waals surface area contributed by atoms with E-state index in [9.17, 15) is 0 Å². The second-order valence-corrected chi connectivity index (χ2v) is 5.13. The molecule has 1 saturated heterocycles. The molecule has 0 spiro atoms. The summed E-state index contributed by atoms with van der Waals surface area (Å²) in [7, 11) is 4.36. The van der Waals surface area contributed by atoms with E-state index in [-0.39, 0.29) is 0 Å². The molecule has 1 atom stereocenters. The van der Waals surface area contributed by atoms with Crippen LogP contribution in [0.4, 0.5) is 5.69 Å². The molecule has 0 saturated carbocycles. The van der Waals surface area contributed by atoms with E-state index in [0.29, 0.717) is 6.04 Å². The highest BCUT2D eigenvalue weighted by atomic mass is 15.2. The predicted molar refractivity (Wildman–Crippen MR) is 73.7 cm³/mol. The average Bonchev–Trinajstić information content (AvgIpc) is 2.29. The Bertz CT molecular complexity index is 347. The molecule has 94 valence electrons. The van der Waals surface area contributed by atoms with Gasteiger partial charge in [-0.25, -0.2) is 0 Å². The Labute approximate surface area is 104 Å². The molecule has 3 nitrogen and oxygen atoms in total. The molecule has 3 heteroatoms. The van der Waals surface area contributed by atoms with Crippen LogP contribution < -0.4 is 10.2 Å². The number of likely N-dealkylation sites (N-methyl/N-ethyl adjacent to an activating group) is 2. The molecular weight excluding hydrogens is 210 g/mol. The second kappa shape index (κ2) is 5.52.